The molecule has 1 fully saturated rings. The molecule has 0 bridgehead atoms. The molecular weight excluding hydrogens is 425 g/mol. The maximum Gasteiger partial charge on any atom is 0.416 e. The van der Waals surface area contributed by atoms with Crippen LogP contribution in [-0.2, 0) is 25.7 Å². The van der Waals surface area contributed by atoms with Gasteiger partial charge in [-0.05, 0) is 61.4 Å². The van der Waals surface area contributed by atoms with Crippen molar-refractivity contribution in [3.8, 4) is 0 Å². The molecule has 0 radical (unpaired) electrons. The Bertz CT molecular complexity index is 1030. The molecule has 2 N–H and O–H groups in total. The molecule has 0 spiro atoms. The fourth-order valence-electron chi connectivity index (χ4n) is 2.41. The Labute approximate surface area is 170 Å². The minimum atomic E-state index is -4.49. The number of rotatable bonds is 7. The van der Waals surface area contributed by atoms with Crippen LogP contribution in [0, 0.1) is 0 Å². The Balaban J connectivity index is 1.51. The molecule has 3 rings (SSSR count). The second-order valence-electron chi connectivity index (χ2n) is 6.62. The summed E-state index contributed by atoms with van der Waals surface area (Å²) in [6.07, 6.45) is -2.91. The van der Waals surface area contributed by atoms with Gasteiger partial charge in [0.25, 0.3) is 5.91 Å². The molecule has 1 amide bonds. The number of nitrogens with one attached hydrogen (secondary N) is 2. The number of alkyl halides is 3. The standard InChI is InChI=1S/C19H17F3N2O5S/c20-19(21,22)13-3-5-14(6-4-13)23-17(25)11-29-18(26)12-1-9-16(10-2-12)30(27,28)24-15-7-8-15/h1-6,9-10,15,24H,7-8,11H2,(H,23,25). The molecule has 1 aliphatic rings. The zero-order valence-electron chi connectivity index (χ0n) is 15.4. The molecule has 7 nitrogen and oxygen atoms in total. The molecule has 1 saturated carbocycles. The molecule has 0 saturated heterocycles. The van der Waals surface area contributed by atoms with Crippen LogP contribution in [-0.4, -0.2) is 32.9 Å². The molecule has 11 heteroatoms. The van der Waals surface area contributed by atoms with Gasteiger partial charge in [0.1, 0.15) is 0 Å². The summed E-state index contributed by atoms with van der Waals surface area (Å²) in [5.74, 6) is -1.59. The lowest BCUT2D eigenvalue weighted by Gasteiger charge is -2.09. The van der Waals surface area contributed by atoms with Crippen molar-refractivity contribution in [3.05, 3.63) is 59.7 Å². The van der Waals surface area contributed by atoms with Crippen molar-refractivity contribution in [2.75, 3.05) is 11.9 Å². The summed E-state index contributed by atoms with van der Waals surface area (Å²) in [4.78, 5) is 23.8. The minimum Gasteiger partial charge on any atom is -0.452 e. The highest BCUT2D eigenvalue weighted by molar-refractivity contribution is 7.89. The van der Waals surface area contributed by atoms with Gasteiger partial charge < -0.3 is 10.1 Å². The normalized spacial score (nSPS) is 14.2. The molecule has 0 aliphatic heterocycles. The van der Waals surface area contributed by atoms with Crippen LogP contribution < -0.4 is 10.0 Å². The number of carbonyl (C=O) groups excluding carboxylic acids is 2. The van der Waals surface area contributed by atoms with Gasteiger partial charge in [-0.1, -0.05) is 0 Å². The van der Waals surface area contributed by atoms with E-state index in [0.717, 1.165) is 37.1 Å². The number of carbonyl (C=O) groups is 2. The maximum absolute atomic E-state index is 12.5. The van der Waals surface area contributed by atoms with Crippen molar-refractivity contribution in [1.29, 1.82) is 0 Å². The second kappa shape index (κ2) is 8.44. The van der Waals surface area contributed by atoms with Crippen LogP contribution in [0.5, 0.6) is 0 Å². The third-order valence-electron chi connectivity index (χ3n) is 4.13. The number of amides is 1. The first kappa shape index (κ1) is 21.8. The van der Waals surface area contributed by atoms with Crippen LogP contribution in [0.3, 0.4) is 0 Å². The van der Waals surface area contributed by atoms with Crippen LogP contribution in [0.25, 0.3) is 0 Å². The Hall–Kier alpha value is -2.92. The largest absolute Gasteiger partial charge is 0.452 e. The van der Waals surface area contributed by atoms with Crippen LogP contribution in [0.4, 0.5) is 18.9 Å². The molecule has 0 atom stereocenters. The maximum atomic E-state index is 12.5. The van der Waals surface area contributed by atoms with Crippen LogP contribution in [0.1, 0.15) is 28.8 Å². The second-order valence-corrected chi connectivity index (χ2v) is 8.33. The highest BCUT2D eigenvalue weighted by Crippen LogP contribution is 2.29. The number of ether oxygens (including phenoxy) is 1. The van der Waals surface area contributed by atoms with E-state index in [9.17, 15) is 31.2 Å². The number of sulfonamides is 1. The molecule has 2 aromatic rings. The summed E-state index contributed by atoms with van der Waals surface area (Å²) < 4.78 is 69.1. The van der Waals surface area contributed by atoms with E-state index in [2.05, 4.69) is 10.0 Å². The van der Waals surface area contributed by atoms with Gasteiger partial charge in [0.05, 0.1) is 16.0 Å². The molecule has 160 valence electrons. The minimum absolute atomic E-state index is 0.00555. The fourth-order valence-corrected chi connectivity index (χ4v) is 3.72. The number of benzene rings is 2. The summed E-state index contributed by atoms with van der Waals surface area (Å²) in [5, 5.41) is 2.31. The number of halogens is 3. The molecule has 2 aromatic carbocycles. The van der Waals surface area contributed by atoms with Crippen LogP contribution in [0.2, 0.25) is 0 Å². The summed E-state index contributed by atoms with van der Waals surface area (Å²) >= 11 is 0. The van der Waals surface area contributed by atoms with E-state index in [0.29, 0.717) is 0 Å². The Morgan fingerprint density at radius 2 is 1.60 bits per heavy atom. The van der Waals surface area contributed by atoms with Crippen molar-refractivity contribution in [2.45, 2.75) is 30.0 Å². The first-order valence-corrected chi connectivity index (χ1v) is 10.3. The molecule has 0 heterocycles. The Kier molecular flexibility index (Phi) is 6.13. The Morgan fingerprint density at radius 3 is 2.13 bits per heavy atom. The van der Waals surface area contributed by atoms with Gasteiger partial charge in [0.2, 0.25) is 10.0 Å². The highest BCUT2D eigenvalue weighted by Gasteiger charge is 2.30. The predicted octanol–water partition coefficient (Wildman–Crippen LogP) is 2.94. The molecule has 0 unspecified atom stereocenters. The van der Waals surface area contributed by atoms with Crippen molar-refractivity contribution >= 4 is 27.6 Å². The van der Waals surface area contributed by atoms with Crippen molar-refractivity contribution in [1.82, 2.24) is 4.72 Å². The third kappa shape index (κ3) is 5.80. The summed E-state index contributed by atoms with van der Waals surface area (Å²) in [7, 11) is -3.65. The first-order valence-electron chi connectivity index (χ1n) is 8.81. The van der Waals surface area contributed by atoms with Gasteiger partial charge in [-0.3, -0.25) is 4.79 Å². The average Bonchev–Trinajstić information content (AvgIpc) is 3.49. The highest BCUT2D eigenvalue weighted by atomic mass is 32.2. The summed E-state index contributed by atoms with van der Waals surface area (Å²) in [6.45, 7) is -0.664. The zero-order valence-corrected chi connectivity index (χ0v) is 16.2. The predicted molar refractivity (Wildman–Crippen MR) is 100 cm³/mol. The van der Waals surface area contributed by atoms with E-state index < -0.39 is 40.2 Å². The Morgan fingerprint density at radius 1 is 1.00 bits per heavy atom. The number of hydrogen-bond acceptors (Lipinski definition) is 5. The van der Waals surface area contributed by atoms with E-state index >= 15 is 0 Å². The van der Waals surface area contributed by atoms with Gasteiger partial charge in [0, 0.05) is 11.7 Å². The molecular formula is C19H17F3N2O5S. The average molecular weight is 442 g/mol. The smallest absolute Gasteiger partial charge is 0.416 e. The van der Waals surface area contributed by atoms with Crippen LogP contribution >= 0.6 is 0 Å². The van der Waals surface area contributed by atoms with E-state index in [4.69, 9.17) is 4.74 Å². The monoisotopic (exact) mass is 442 g/mol. The van der Waals surface area contributed by atoms with Crippen molar-refractivity contribution < 1.29 is 35.9 Å². The van der Waals surface area contributed by atoms with E-state index in [1.165, 1.54) is 24.3 Å². The summed E-state index contributed by atoms with van der Waals surface area (Å²) in [5.41, 5.74) is -0.700. The summed E-state index contributed by atoms with van der Waals surface area (Å²) in [6, 6.07) is 8.77. The van der Waals surface area contributed by atoms with Gasteiger partial charge in [-0.25, -0.2) is 17.9 Å². The molecule has 30 heavy (non-hydrogen) atoms. The SMILES string of the molecule is O=C(COC(=O)c1ccc(S(=O)(=O)NC2CC2)cc1)Nc1ccc(C(F)(F)F)cc1. The van der Waals surface area contributed by atoms with E-state index in [1.54, 1.807) is 0 Å². The lowest BCUT2D eigenvalue weighted by molar-refractivity contribution is -0.137. The third-order valence-corrected chi connectivity index (χ3v) is 5.67. The number of esters is 1. The van der Waals surface area contributed by atoms with Crippen molar-refractivity contribution in [2.24, 2.45) is 0 Å². The number of hydrogen-bond donors (Lipinski definition) is 2. The van der Waals surface area contributed by atoms with Gasteiger partial charge >= 0.3 is 12.1 Å². The molecule has 0 aromatic heterocycles. The lowest BCUT2D eigenvalue weighted by atomic mass is 10.2. The topological polar surface area (TPSA) is 102 Å². The number of anilines is 1. The van der Waals surface area contributed by atoms with E-state index in [-0.39, 0.29) is 22.2 Å². The van der Waals surface area contributed by atoms with Crippen LogP contribution in [0.15, 0.2) is 53.4 Å². The van der Waals surface area contributed by atoms with E-state index in [1.807, 2.05) is 0 Å². The van der Waals surface area contributed by atoms with Crippen molar-refractivity contribution in [3.63, 3.8) is 0 Å². The fraction of sp³-hybridized carbons (Fsp3) is 0.263. The van der Waals surface area contributed by atoms with Gasteiger partial charge in [-0.2, -0.15) is 13.2 Å². The van der Waals surface area contributed by atoms with Gasteiger partial charge in [-0.15, -0.1) is 0 Å². The lowest BCUT2D eigenvalue weighted by Crippen LogP contribution is -2.25. The first-order chi connectivity index (χ1) is 14.0. The molecule has 1 aliphatic carbocycles. The van der Waals surface area contributed by atoms with Gasteiger partial charge in [0.15, 0.2) is 6.61 Å². The zero-order chi connectivity index (χ0) is 21.9. The quantitative estimate of drug-likeness (QED) is 0.642.